The van der Waals surface area contributed by atoms with Gasteiger partial charge in [0.1, 0.15) is 11.6 Å². The molecule has 1 aromatic heterocycles. The zero-order chi connectivity index (χ0) is 12.4. The summed E-state index contributed by atoms with van der Waals surface area (Å²) in [6, 6.07) is 1.00. The van der Waals surface area contributed by atoms with E-state index in [-0.39, 0.29) is 0 Å². The minimum absolute atomic E-state index is 0.438. The Bertz CT molecular complexity index is 369. The highest BCUT2D eigenvalue weighted by molar-refractivity contribution is 5.03. The van der Waals surface area contributed by atoms with E-state index in [1.165, 1.54) is 0 Å². The first kappa shape index (κ1) is 12.5. The first-order valence-corrected chi connectivity index (χ1v) is 6.46. The fraction of sp³-hybridized carbons (Fsp3) is 0.833. The molecule has 0 saturated carbocycles. The van der Waals surface area contributed by atoms with E-state index in [2.05, 4.69) is 53.1 Å². The largest absolute Gasteiger partial charge is 0.313 e. The molecular weight excluding hydrogens is 214 g/mol. The van der Waals surface area contributed by atoms with Gasteiger partial charge in [-0.15, -0.1) is 10.2 Å². The summed E-state index contributed by atoms with van der Waals surface area (Å²) >= 11 is 0. The minimum atomic E-state index is 0.438. The summed E-state index contributed by atoms with van der Waals surface area (Å²) in [5, 5.41) is 15.5. The van der Waals surface area contributed by atoms with Crippen molar-refractivity contribution in [2.24, 2.45) is 0 Å². The molecule has 0 bridgehead atoms. The molecule has 1 unspecified atom stereocenters. The lowest BCUT2D eigenvalue weighted by Crippen LogP contribution is -2.47. The highest BCUT2D eigenvalue weighted by Crippen LogP contribution is 2.16. The standard InChI is InChI=1S/C12H23N5/c1-8(2)12-16-15-11-6-14-10(7-17(11)12)5-13-9(3)4/h8-10,13-14H,5-7H2,1-4H3. The zero-order valence-corrected chi connectivity index (χ0v) is 11.2. The molecule has 0 aromatic carbocycles. The van der Waals surface area contributed by atoms with Gasteiger partial charge in [0, 0.05) is 31.1 Å². The maximum atomic E-state index is 4.28. The summed E-state index contributed by atoms with van der Waals surface area (Å²) < 4.78 is 2.27. The first-order valence-electron chi connectivity index (χ1n) is 6.46. The topological polar surface area (TPSA) is 54.8 Å². The highest BCUT2D eigenvalue weighted by Gasteiger charge is 2.23. The van der Waals surface area contributed by atoms with Crippen LogP contribution in [0.2, 0.25) is 0 Å². The zero-order valence-electron chi connectivity index (χ0n) is 11.2. The molecule has 0 fully saturated rings. The van der Waals surface area contributed by atoms with E-state index < -0.39 is 0 Å². The van der Waals surface area contributed by atoms with Gasteiger partial charge in [0.05, 0.1) is 6.54 Å². The number of nitrogens with zero attached hydrogens (tertiary/aromatic N) is 3. The van der Waals surface area contributed by atoms with Crippen molar-refractivity contribution in [1.29, 1.82) is 0 Å². The number of rotatable bonds is 4. The highest BCUT2D eigenvalue weighted by atomic mass is 15.3. The summed E-state index contributed by atoms with van der Waals surface area (Å²) in [5.74, 6) is 2.61. The Kier molecular flexibility index (Phi) is 3.79. The molecule has 5 heteroatoms. The maximum Gasteiger partial charge on any atom is 0.147 e. The second kappa shape index (κ2) is 5.14. The molecule has 1 aliphatic heterocycles. The third-order valence-electron chi connectivity index (χ3n) is 3.10. The van der Waals surface area contributed by atoms with Crippen LogP contribution in [0.25, 0.3) is 0 Å². The molecule has 1 aromatic rings. The molecule has 2 heterocycles. The quantitative estimate of drug-likeness (QED) is 0.816. The van der Waals surface area contributed by atoms with Crippen LogP contribution in [0.3, 0.4) is 0 Å². The fourth-order valence-electron chi connectivity index (χ4n) is 2.14. The van der Waals surface area contributed by atoms with Crippen molar-refractivity contribution < 1.29 is 0 Å². The summed E-state index contributed by atoms with van der Waals surface area (Å²) in [5.41, 5.74) is 0. The van der Waals surface area contributed by atoms with Crippen molar-refractivity contribution in [2.75, 3.05) is 6.54 Å². The molecule has 2 N–H and O–H groups in total. The minimum Gasteiger partial charge on any atom is -0.313 e. The lowest BCUT2D eigenvalue weighted by molar-refractivity contribution is 0.354. The average molecular weight is 237 g/mol. The normalized spacial score (nSPS) is 20.0. The number of nitrogens with one attached hydrogen (secondary N) is 2. The Morgan fingerprint density at radius 3 is 2.76 bits per heavy atom. The predicted molar refractivity (Wildman–Crippen MR) is 67.9 cm³/mol. The Morgan fingerprint density at radius 2 is 2.12 bits per heavy atom. The smallest absolute Gasteiger partial charge is 0.147 e. The second-order valence-electron chi connectivity index (χ2n) is 5.38. The maximum absolute atomic E-state index is 4.28. The second-order valence-corrected chi connectivity index (χ2v) is 5.38. The van der Waals surface area contributed by atoms with Crippen molar-refractivity contribution in [3.05, 3.63) is 11.6 Å². The SMILES string of the molecule is CC(C)NCC1Cn2c(nnc2C(C)C)CN1. The Morgan fingerprint density at radius 1 is 1.35 bits per heavy atom. The van der Waals surface area contributed by atoms with Gasteiger partial charge in [-0.05, 0) is 0 Å². The van der Waals surface area contributed by atoms with E-state index in [1.807, 2.05) is 0 Å². The van der Waals surface area contributed by atoms with Crippen molar-refractivity contribution in [3.8, 4) is 0 Å². The molecule has 1 aliphatic rings. The molecule has 0 aliphatic carbocycles. The van der Waals surface area contributed by atoms with E-state index in [0.717, 1.165) is 31.3 Å². The number of hydrogen-bond donors (Lipinski definition) is 2. The monoisotopic (exact) mass is 237 g/mol. The van der Waals surface area contributed by atoms with E-state index in [4.69, 9.17) is 0 Å². The first-order chi connectivity index (χ1) is 8.08. The molecule has 96 valence electrons. The van der Waals surface area contributed by atoms with Crippen molar-refractivity contribution >= 4 is 0 Å². The molecular formula is C12H23N5. The number of fused-ring (bicyclic) bond motifs is 1. The molecule has 1 atom stereocenters. The van der Waals surface area contributed by atoms with Gasteiger partial charge < -0.3 is 15.2 Å². The predicted octanol–water partition coefficient (Wildman–Crippen LogP) is 0.871. The Balaban J connectivity index is 2.03. The van der Waals surface area contributed by atoms with E-state index in [0.29, 0.717) is 18.0 Å². The summed E-state index contributed by atoms with van der Waals surface area (Å²) in [7, 11) is 0. The Labute approximate surface area is 103 Å². The van der Waals surface area contributed by atoms with E-state index in [9.17, 15) is 0 Å². The van der Waals surface area contributed by atoms with Gasteiger partial charge in [-0.25, -0.2) is 0 Å². The van der Waals surface area contributed by atoms with Crippen LogP contribution in [0.4, 0.5) is 0 Å². The summed E-state index contributed by atoms with van der Waals surface area (Å²) in [6.07, 6.45) is 0. The van der Waals surface area contributed by atoms with Crippen LogP contribution in [0.1, 0.15) is 45.3 Å². The molecule has 0 amide bonds. The van der Waals surface area contributed by atoms with Crippen LogP contribution in [-0.2, 0) is 13.1 Å². The molecule has 2 rings (SSSR count). The molecule has 0 radical (unpaired) electrons. The fourth-order valence-corrected chi connectivity index (χ4v) is 2.14. The van der Waals surface area contributed by atoms with E-state index in [1.54, 1.807) is 0 Å². The molecule has 0 spiro atoms. The van der Waals surface area contributed by atoms with E-state index >= 15 is 0 Å². The lowest BCUT2D eigenvalue weighted by Gasteiger charge is -2.27. The van der Waals surface area contributed by atoms with Gasteiger partial charge >= 0.3 is 0 Å². The van der Waals surface area contributed by atoms with Crippen LogP contribution in [-0.4, -0.2) is 33.4 Å². The van der Waals surface area contributed by atoms with Crippen LogP contribution < -0.4 is 10.6 Å². The van der Waals surface area contributed by atoms with Crippen LogP contribution in [0, 0.1) is 0 Å². The van der Waals surface area contributed by atoms with Crippen molar-refractivity contribution in [2.45, 2.75) is 58.8 Å². The Hall–Kier alpha value is -0.940. The van der Waals surface area contributed by atoms with Gasteiger partial charge in [0.15, 0.2) is 0 Å². The molecule has 0 saturated heterocycles. The van der Waals surface area contributed by atoms with Gasteiger partial charge in [-0.2, -0.15) is 0 Å². The van der Waals surface area contributed by atoms with Gasteiger partial charge in [0.2, 0.25) is 0 Å². The third-order valence-corrected chi connectivity index (χ3v) is 3.10. The van der Waals surface area contributed by atoms with Gasteiger partial charge in [0.25, 0.3) is 0 Å². The van der Waals surface area contributed by atoms with Gasteiger partial charge in [-0.1, -0.05) is 27.7 Å². The van der Waals surface area contributed by atoms with Crippen molar-refractivity contribution in [1.82, 2.24) is 25.4 Å². The van der Waals surface area contributed by atoms with Crippen LogP contribution >= 0.6 is 0 Å². The number of aromatic nitrogens is 3. The number of hydrogen-bond acceptors (Lipinski definition) is 4. The van der Waals surface area contributed by atoms with Crippen LogP contribution in [0.5, 0.6) is 0 Å². The molecule has 17 heavy (non-hydrogen) atoms. The summed E-state index contributed by atoms with van der Waals surface area (Å²) in [6.45, 7) is 11.5. The average Bonchev–Trinajstić information content (AvgIpc) is 2.69. The van der Waals surface area contributed by atoms with Crippen LogP contribution in [0.15, 0.2) is 0 Å². The third kappa shape index (κ3) is 2.84. The van der Waals surface area contributed by atoms with Crippen molar-refractivity contribution in [3.63, 3.8) is 0 Å². The summed E-state index contributed by atoms with van der Waals surface area (Å²) in [4.78, 5) is 0. The lowest BCUT2D eigenvalue weighted by atomic mass is 10.1. The molecule has 5 nitrogen and oxygen atoms in total. The van der Waals surface area contributed by atoms with Gasteiger partial charge in [-0.3, -0.25) is 0 Å².